The maximum absolute atomic E-state index is 14.6. The fourth-order valence-electron chi connectivity index (χ4n) is 8.57. The van der Waals surface area contributed by atoms with E-state index in [9.17, 15) is 33.6 Å². The summed E-state index contributed by atoms with van der Waals surface area (Å²) in [6.45, 7) is 5.88. The van der Waals surface area contributed by atoms with Crippen LogP contribution in [0.3, 0.4) is 0 Å². The highest BCUT2D eigenvalue weighted by Gasteiger charge is 2.51. The smallest absolute Gasteiger partial charge is 0.287 e. The second-order valence-corrected chi connectivity index (χ2v) is 15.1. The van der Waals surface area contributed by atoms with Gasteiger partial charge >= 0.3 is 0 Å². The fourth-order valence-corrected chi connectivity index (χ4v) is 8.57. The Morgan fingerprint density at radius 1 is 0.923 bits per heavy atom. The van der Waals surface area contributed by atoms with Gasteiger partial charge < -0.3 is 20.9 Å². The summed E-state index contributed by atoms with van der Waals surface area (Å²) in [5, 5.41) is 8.38. The highest BCUT2D eigenvalue weighted by atomic mass is 16.2. The first-order valence-corrected chi connectivity index (χ1v) is 19.3. The van der Waals surface area contributed by atoms with Crippen molar-refractivity contribution in [2.24, 2.45) is 29.6 Å². The van der Waals surface area contributed by atoms with E-state index in [0.717, 1.165) is 70.3 Å². The molecule has 1 aromatic rings. The van der Waals surface area contributed by atoms with Crippen molar-refractivity contribution in [3.05, 3.63) is 36.9 Å². The number of ketones is 3. The van der Waals surface area contributed by atoms with Crippen molar-refractivity contribution in [1.82, 2.24) is 30.8 Å². The highest BCUT2D eigenvalue weighted by molar-refractivity contribution is 6.37. The number of hydrogen-bond acceptors (Lipinski definition) is 9. The van der Waals surface area contributed by atoms with Crippen LogP contribution in [0.1, 0.15) is 114 Å². The molecule has 13 heteroatoms. The van der Waals surface area contributed by atoms with Gasteiger partial charge in [-0.25, -0.2) is 4.98 Å². The van der Waals surface area contributed by atoms with Gasteiger partial charge in [-0.15, -0.1) is 0 Å². The summed E-state index contributed by atoms with van der Waals surface area (Å²) in [4.78, 5) is 104. The standard InChI is InChI=1S/C39H54N6O7/c1-3-9-25(36(49)38(51)43-28-14-15-28)20-32(47)35-29-13-8-12-27(29)23-45(35)39(52)26(16-17-42-33(48)4-2)21-31(46)34(24-10-6-5-7-11-24)44-37(50)30-22-40-18-19-41-30/h4,18-19,22,24-29,34-35H,2-3,5-17,20-21,23H2,1H3,(H,42,48)(H,43,51)(H,44,50)/t25-,26-,27+,29+,34+,35+/m1/s1. The van der Waals surface area contributed by atoms with Gasteiger partial charge in [0.1, 0.15) is 5.69 Å². The van der Waals surface area contributed by atoms with Crippen molar-refractivity contribution in [3.8, 4) is 0 Å². The monoisotopic (exact) mass is 718 g/mol. The Labute approximate surface area is 305 Å². The van der Waals surface area contributed by atoms with Crippen LogP contribution in [-0.4, -0.2) is 87.1 Å². The summed E-state index contributed by atoms with van der Waals surface area (Å²) in [5.74, 6) is -4.70. The summed E-state index contributed by atoms with van der Waals surface area (Å²) >= 11 is 0. The van der Waals surface area contributed by atoms with Crippen molar-refractivity contribution in [1.29, 1.82) is 0 Å². The van der Waals surface area contributed by atoms with Gasteiger partial charge in [-0.3, -0.25) is 38.5 Å². The van der Waals surface area contributed by atoms with Crippen molar-refractivity contribution < 1.29 is 33.6 Å². The molecule has 5 rings (SSSR count). The Morgan fingerprint density at radius 3 is 2.37 bits per heavy atom. The molecule has 3 N–H and O–H groups in total. The molecule has 3 saturated carbocycles. The molecule has 1 saturated heterocycles. The van der Waals surface area contributed by atoms with Gasteiger partial charge in [-0.05, 0) is 75.2 Å². The SMILES string of the molecule is C=CC(=O)NCC[C@H](CC(=O)[C@@H](NC(=O)c1cnccn1)C1CCCCC1)C(=O)N1C[C@@H]2CCC[C@@H]2[C@H]1C(=O)C[C@@H](CCC)C(=O)C(=O)NC1CC1. The number of likely N-dealkylation sites (tertiary alicyclic amines) is 1. The first-order valence-electron chi connectivity index (χ1n) is 19.3. The molecule has 4 amide bonds. The first kappa shape index (κ1) is 38.9. The zero-order valence-electron chi connectivity index (χ0n) is 30.4. The number of nitrogens with zero attached hydrogens (tertiary/aromatic N) is 3. The molecule has 2 heterocycles. The zero-order chi connectivity index (χ0) is 37.2. The molecular weight excluding hydrogens is 664 g/mol. The summed E-state index contributed by atoms with van der Waals surface area (Å²) < 4.78 is 0. The number of hydrogen-bond donors (Lipinski definition) is 3. The van der Waals surface area contributed by atoms with E-state index in [1.165, 1.54) is 18.6 Å². The summed E-state index contributed by atoms with van der Waals surface area (Å²) in [6, 6.07) is -1.58. The third-order valence-electron chi connectivity index (χ3n) is 11.4. The predicted molar refractivity (Wildman–Crippen MR) is 191 cm³/mol. The van der Waals surface area contributed by atoms with E-state index in [2.05, 4.69) is 32.5 Å². The van der Waals surface area contributed by atoms with Gasteiger partial charge in [0.2, 0.25) is 17.6 Å². The lowest BCUT2D eigenvalue weighted by atomic mass is 9.80. The Hall–Kier alpha value is -4.29. The number of nitrogens with one attached hydrogen (secondary N) is 3. The van der Waals surface area contributed by atoms with Crippen molar-refractivity contribution in [2.75, 3.05) is 13.1 Å². The Bertz CT molecular complexity index is 1490. The average molecular weight is 719 g/mol. The number of fused-ring (bicyclic) bond motifs is 1. The van der Waals surface area contributed by atoms with E-state index in [0.29, 0.717) is 19.4 Å². The third kappa shape index (κ3) is 9.97. The van der Waals surface area contributed by atoms with E-state index < -0.39 is 47.4 Å². The molecule has 282 valence electrons. The summed E-state index contributed by atoms with van der Waals surface area (Å²) in [5.41, 5.74) is 0.0886. The molecule has 0 radical (unpaired) electrons. The third-order valence-corrected chi connectivity index (χ3v) is 11.4. The number of Topliss-reactive ketones (excluding diaryl/α,β-unsaturated/α-hetero) is 3. The van der Waals surface area contributed by atoms with Crippen LogP contribution in [0.4, 0.5) is 0 Å². The minimum Gasteiger partial charge on any atom is -0.353 e. The molecular formula is C39H54N6O7. The lowest BCUT2D eigenvalue weighted by Crippen LogP contribution is -2.50. The maximum atomic E-state index is 14.6. The molecule has 1 aliphatic heterocycles. The fraction of sp³-hybridized carbons (Fsp3) is 0.667. The van der Waals surface area contributed by atoms with Crippen LogP contribution in [0.25, 0.3) is 0 Å². The molecule has 3 aliphatic carbocycles. The molecule has 52 heavy (non-hydrogen) atoms. The van der Waals surface area contributed by atoms with E-state index >= 15 is 0 Å². The topological polar surface area (TPSA) is 185 Å². The van der Waals surface area contributed by atoms with Crippen LogP contribution in [-0.2, 0) is 28.8 Å². The second kappa shape index (κ2) is 18.5. The number of carbonyl (C=O) groups excluding carboxylic acids is 7. The van der Waals surface area contributed by atoms with Crippen LogP contribution in [0.15, 0.2) is 31.2 Å². The molecule has 0 spiro atoms. The number of aromatic nitrogens is 2. The minimum atomic E-state index is -0.872. The zero-order valence-corrected chi connectivity index (χ0v) is 30.4. The number of carbonyl (C=O) groups is 7. The molecule has 6 atom stereocenters. The van der Waals surface area contributed by atoms with Crippen LogP contribution in [0.5, 0.6) is 0 Å². The Balaban J connectivity index is 1.37. The van der Waals surface area contributed by atoms with E-state index in [1.807, 2.05) is 6.92 Å². The van der Waals surface area contributed by atoms with E-state index in [4.69, 9.17) is 0 Å². The largest absolute Gasteiger partial charge is 0.353 e. The van der Waals surface area contributed by atoms with Crippen LogP contribution >= 0.6 is 0 Å². The molecule has 13 nitrogen and oxygen atoms in total. The lowest BCUT2D eigenvalue weighted by molar-refractivity contribution is -0.145. The van der Waals surface area contributed by atoms with Gasteiger partial charge in [0.05, 0.1) is 18.3 Å². The van der Waals surface area contributed by atoms with Crippen molar-refractivity contribution in [3.63, 3.8) is 0 Å². The molecule has 4 aliphatic rings. The Morgan fingerprint density at radius 2 is 1.69 bits per heavy atom. The molecule has 4 fully saturated rings. The van der Waals surface area contributed by atoms with Gasteiger partial charge in [-0.1, -0.05) is 45.6 Å². The maximum Gasteiger partial charge on any atom is 0.287 e. The Kier molecular flexibility index (Phi) is 13.8. The molecule has 1 aromatic heterocycles. The van der Waals surface area contributed by atoms with Crippen LogP contribution in [0.2, 0.25) is 0 Å². The molecule has 0 aromatic carbocycles. The van der Waals surface area contributed by atoms with Crippen molar-refractivity contribution >= 4 is 41.0 Å². The van der Waals surface area contributed by atoms with Crippen molar-refractivity contribution in [2.45, 2.75) is 121 Å². The number of amides is 4. The second-order valence-electron chi connectivity index (χ2n) is 15.1. The minimum absolute atomic E-state index is 0.0190. The average Bonchev–Trinajstić information content (AvgIpc) is 3.73. The van der Waals surface area contributed by atoms with Gasteiger partial charge in [0.25, 0.3) is 11.8 Å². The van der Waals surface area contributed by atoms with Gasteiger partial charge in [0, 0.05) is 56.2 Å². The van der Waals surface area contributed by atoms with Crippen LogP contribution < -0.4 is 16.0 Å². The quantitative estimate of drug-likeness (QED) is 0.143. The van der Waals surface area contributed by atoms with E-state index in [-0.39, 0.29) is 72.8 Å². The van der Waals surface area contributed by atoms with Gasteiger partial charge in [0.15, 0.2) is 11.6 Å². The molecule has 0 unspecified atom stereocenters. The molecule has 0 bridgehead atoms. The predicted octanol–water partition coefficient (Wildman–Crippen LogP) is 3.27. The summed E-state index contributed by atoms with van der Waals surface area (Å²) in [6.07, 6.45) is 14.9. The first-order chi connectivity index (χ1) is 25.1. The normalized spacial score (nSPS) is 23.1. The van der Waals surface area contributed by atoms with Crippen LogP contribution in [0, 0.1) is 29.6 Å². The highest BCUT2D eigenvalue weighted by Crippen LogP contribution is 2.44. The summed E-state index contributed by atoms with van der Waals surface area (Å²) in [7, 11) is 0. The van der Waals surface area contributed by atoms with E-state index in [1.54, 1.807) is 4.90 Å². The number of rotatable bonds is 19. The lowest BCUT2D eigenvalue weighted by Gasteiger charge is -2.33. The van der Waals surface area contributed by atoms with Gasteiger partial charge in [-0.2, -0.15) is 0 Å².